The van der Waals surface area contributed by atoms with Crippen molar-refractivity contribution >= 4 is 0 Å². The molecule has 0 amide bonds. The van der Waals surface area contributed by atoms with Crippen LogP contribution < -0.4 is 0 Å². The Morgan fingerprint density at radius 3 is 1.88 bits per heavy atom. The minimum Gasteiger partial charge on any atom is -0.394 e. The summed E-state index contributed by atoms with van der Waals surface area (Å²) in [5.41, 5.74) is -1.53. The summed E-state index contributed by atoms with van der Waals surface area (Å²) >= 11 is 0. The summed E-state index contributed by atoms with van der Waals surface area (Å²) in [6.45, 7) is 17.9. The van der Waals surface area contributed by atoms with E-state index in [4.69, 9.17) is 18.9 Å². The van der Waals surface area contributed by atoms with Crippen LogP contribution >= 0.6 is 0 Å². The normalized spacial score (nSPS) is 51.9. The zero-order valence-corrected chi connectivity index (χ0v) is 34.4. The molecule has 0 bridgehead atoms. The molecule has 324 valence electrons. The smallest absolute Gasteiger partial charge is 0.187 e. The number of aliphatic hydroxyl groups is 10. The lowest BCUT2D eigenvalue weighted by atomic mass is 9.35. The third-order valence-electron chi connectivity index (χ3n) is 17.0. The van der Waals surface area contributed by atoms with Crippen LogP contribution in [0.25, 0.3) is 0 Å². The van der Waals surface area contributed by atoms with Crippen LogP contribution in [0.15, 0.2) is 12.2 Å². The third kappa shape index (κ3) is 7.06. The molecule has 56 heavy (non-hydrogen) atoms. The Bertz CT molecular complexity index is 1390. The SMILES string of the molecule is C=C(C)C(O)CCC(C)(OC1OC(CO)C(O)C(O)C1O)C1CCC2(C)C1C(O)CC1C3(C)CCC(OC4OC(CO)C(O)C(O)C4O)C(C)(C)C3CCC12C. The first-order chi connectivity index (χ1) is 26.0. The average molecular weight is 801 g/mol. The summed E-state index contributed by atoms with van der Waals surface area (Å²) in [4.78, 5) is 0. The van der Waals surface area contributed by atoms with E-state index in [-0.39, 0.29) is 46.0 Å². The van der Waals surface area contributed by atoms with E-state index < -0.39 is 97.8 Å². The van der Waals surface area contributed by atoms with Gasteiger partial charge >= 0.3 is 0 Å². The fourth-order valence-electron chi connectivity index (χ4n) is 13.4. The van der Waals surface area contributed by atoms with E-state index in [9.17, 15) is 51.1 Å². The molecule has 21 atom stereocenters. The molecule has 2 aliphatic heterocycles. The van der Waals surface area contributed by atoms with Crippen molar-refractivity contribution in [3.8, 4) is 0 Å². The molecule has 0 aromatic heterocycles. The molecule has 4 saturated carbocycles. The second kappa shape index (κ2) is 15.9. The van der Waals surface area contributed by atoms with Crippen molar-refractivity contribution in [3.05, 3.63) is 12.2 Å². The number of fused-ring (bicyclic) bond motifs is 5. The molecule has 2 saturated heterocycles. The van der Waals surface area contributed by atoms with Crippen molar-refractivity contribution in [2.75, 3.05) is 13.2 Å². The van der Waals surface area contributed by atoms with Crippen molar-refractivity contribution in [1.82, 2.24) is 0 Å². The van der Waals surface area contributed by atoms with Gasteiger partial charge in [-0.15, -0.1) is 0 Å². The lowest BCUT2D eigenvalue weighted by Crippen LogP contribution is -2.67. The van der Waals surface area contributed by atoms with Gasteiger partial charge in [0.1, 0.15) is 48.8 Å². The van der Waals surface area contributed by atoms with E-state index in [2.05, 4.69) is 41.2 Å². The number of hydrogen-bond acceptors (Lipinski definition) is 14. The van der Waals surface area contributed by atoms with Gasteiger partial charge in [-0.05, 0) is 117 Å². The molecule has 14 nitrogen and oxygen atoms in total. The van der Waals surface area contributed by atoms with Gasteiger partial charge in [0.25, 0.3) is 0 Å². The predicted molar refractivity (Wildman–Crippen MR) is 202 cm³/mol. The maximum Gasteiger partial charge on any atom is 0.187 e. The molecule has 0 radical (unpaired) electrons. The lowest BCUT2D eigenvalue weighted by molar-refractivity contribution is -0.338. The first-order valence-electron chi connectivity index (χ1n) is 21.0. The molecule has 21 unspecified atom stereocenters. The van der Waals surface area contributed by atoms with Crippen LogP contribution in [0.1, 0.15) is 106 Å². The maximum absolute atomic E-state index is 12.5. The Balaban J connectivity index is 1.27. The van der Waals surface area contributed by atoms with E-state index in [1.807, 2.05) is 6.92 Å². The van der Waals surface area contributed by atoms with Gasteiger partial charge in [-0.3, -0.25) is 0 Å². The molecule has 0 aromatic rings. The van der Waals surface area contributed by atoms with E-state index >= 15 is 0 Å². The molecule has 6 fully saturated rings. The van der Waals surface area contributed by atoms with Crippen LogP contribution in [0, 0.1) is 45.3 Å². The molecular formula is C42H72O14. The Morgan fingerprint density at radius 2 is 1.30 bits per heavy atom. The average Bonchev–Trinajstić information content (AvgIpc) is 3.53. The van der Waals surface area contributed by atoms with Gasteiger partial charge in [-0.25, -0.2) is 0 Å². The molecule has 0 aromatic carbocycles. The van der Waals surface area contributed by atoms with Gasteiger partial charge in [-0.2, -0.15) is 0 Å². The van der Waals surface area contributed by atoms with E-state index in [0.717, 1.165) is 25.7 Å². The van der Waals surface area contributed by atoms with Gasteiger partial charge in [0, 0.05) is 0 Å². The first-order valence-corrected chi connectivity index (χ1v) is 21.0. The molecule has 2 heterocycles. The highest BCUT2D eigenvalue weighted by Crippen LogP contribution is 2.76. The summed E-state index contributed by atoms with van der Waals surface area (Å²) < 4.78 is 24.8. The highest BCUT2D eigenvalue weighted by atomic mass is 16.7. The van der Waals surface area contributed by atoms with Crippen LogP contribution in [-0.4, -0.2) is 150 Å². The Kier molecular flexibility index (Phi) is 12.7. The third-order valence-corrected chi connectivity index (χ3v) is 17.0. The summed E-state index contributed by atoms with van der Waals surface area (Å²) in [5.74, 6) is -0.0991. The highest BCUT2D eigenvalue weighted by Gasteiger charge is 2.72. The van der Waals surface area contributed by atoms with Crippen LogP contribution in [0.5, 0.6) is 0 Å². The Hall–Kier alpha value is -0.820. The zero-order valence-electron chi connectivity index (χ0n) is 34.4. The maximum atomic E-state index is 12.5. The second-order valence-electron chi connectivity index (χ2n) is 20.2. The second-order valence-corrected chi connectivity index (χ2v) is 20.2. The minimum atomic E-state index is -1.61. The summed E-state index contributed by atoms with van der Waals surface area (Å²) in [5, 5.41) is 107. The first kappa shape index (κ1) is 44.7. The van der Waals surface area contributed by atoms with Crippen LogP contribution in [0.4, 0.5) is 0 Å². The lowest BCUT2D eigenvalue weighted by Gasteiger charge is -2.71. The van der Waals surface area contributed by atoms with Crippen LogP contribution in [0.2, 0.25) is 0 Å². The summed E-state index contributed by atoms with van der Waals surface area (Å²) in [6, 6.07) is 0. The molecule has 14 heteroatoms. The number of rotatable bonds is 11. The standard InChI is InChI=1S/C42H72O14/c1-20(2)22(45)10-16-42(8,56-37-35(52)33(50)31(48)25(19-44)54-37)21-9-14-41(7)29(21)23(46)17-27-39(5)13-12-28(38(3,4)26(39)11-15-40(27,41)6)55-36-34(51)32(49)30(47)24(18-43)53-36/h21-37,43-52H,1,9-19H2,2-8H3. The summed E-state index contributed by atoms with van der Waals surface area (Å²) in [6.07, 6.45) is -9.84. The Morgan fingerprint density at radius 1 is 0.750 bits per heavy atom. The molecule has 4 aliphatic carbocycles. The Labute approximate surface area is 331 Å². The zero-order chi connectivity index (χ0) is 41.5. The predicted octanol–water partition coefficient (Wildman–Crippen LogP) is 1.12. The topological polar surface area (TPSA) is 239 Å². The molecular weight excluding hydrogens is 728 g/mol. The summed E-state index contributed by atoms with van der Waals surface area (Å²) in [7, 11) is 0. The minimum absolute atomic E-state index is 0.152. The van der Waals surface area contributed by atoms with Gasteiger partial charge in [0.15, 0.2) is 12.6 Å². The molecule has 6 rings (SSSR count). The van der Waals surface area contributed by atoms with E-state index in [1.54, 1.807) is 6.92 Å². The fourth-order valence-corrected chi connectivity index (χ4v) is 13.4. The van der Waals surface area contributed by atoms with Crippen molar-refractivity contribution in [2.24, 2.45) is 45.3 Å². The molecule has 0 spiro atoms. The van der Waals surface area contributed by atoms with Gasteiger partial charge in [0.05, 0.1) is 37.1 Å². The van der Waals surface area contributed by atoms with E-state index in [0.29, 0.717) is 37.7 Å². The van der Waals surface area contributed by atoms with Crippen molar-refractivity contribution in [1.29, 1.82) is 0 Å². The largest absolute Gasteiger partial charge is 0.394 e. The van der Waals surface area contributed by atoms with E-state index in [1.165, 1.54) is 0 Å². The number of ether oxygens (including phenoxy) is 4. The fraction of sp³-hybridized carbons (Fsp3) is 0.952. The van der Waals surface area contributed by atoms with Crippen molar-refractivity contribution in [2.45, 2.75) is 192 Å². The quantitative estimate of drug-likeness (QED) is 0.104. The van der Waals surface area contributed by atoms with Gasteiger partial charge in [0.2, 0.25) is 0 Å². The van der Waals surface area contributed by atoms with Gasteiger partial charge in [-0.1, -0.05) is 46.8 Å². The monoisotopic (exact) mass is 800 g/mol. The number of hydrogen-bond donors (Lipinski definition) is 10. The van der Waals surface area contributed by atoms with Crippen LogP contribution in [-0.2, 0) is 18.9 Å². The van der Waals surface area contributed by atoms with Crippen molar-refractivity contribution in [3.63, 3.8) is 0 Å². The number of aliphatic hydroxyl groups excluding tert-OH is 10. The van der Waals surface area contributed by atoms with Crippen molar-refractivity contribution < 1.29 is 70.0 Å². The molecule has 10 N–H and O–H groups in total. The molecule has 6 aliphatic rings. The van der Waals surface area contributed by atoms with Gasteiger partial charge < -0.3 is 70.0 Å². The van der Waals surface area contributed by atoms with Crippen LogP contribution in [0.3, 0.4) is 0 Å². The highest BCUT2D eigenvalue weighted by molar-refractivity contribution is 5.20.